The zero-order valence-corrected chi connectivity index (χ0v) is 46.2. The zero-order chi connectivity index (χ0) is 48.9. The molecular weight excluding hydrogens is 827 g/mol. The van der Waals surface area contributed by atoms with E-state index in [2.05, 4.69) is 56.0 Å². The summed E-state index contributed by atoms with van der Waals surface area (Å²) in [6, 6.07) is 0. The van der Waals surface area contributed by atoms with Crippen molar-refractivity contribution in [2.75, 3.05) is 72.6 Å². The number of esters is 1. The molecule has 398 valence electrons. The van der Waals surface area contributed by atoms with Crippen molar-refractivity contribution >= 4 is 11.8 Å². The predicted molar refractivity (Wildman–Crippen MR) is 293 cm³/mol. The lowest BCUT2D eigenvalue weighted by atomic mass is 10.0. The molecule has 0 rings (SSSR count). The Morgan fingerprint density at radius 1 is 0.328 bits per heavy atom. The maximum atomic E-state index is 13.0. The monoisotopic (exact) mass is 946 g/mol. The SMILES string of the molecule is C=C(CCN(CCCN(C)CCCN(CCCCCCCCCCCC)CCC(=O)CCCCCCCCCCC)CCC(=O)OCCCCCCCCCC)OCCCCCCCCCC. The van der Waals surface area contributed by atoms with Crippen molar-refractivity contribution in [3.05, 3.63) is 12.3 Å². The number of hydrogen-bond acceptors (Lipinski definition) is 7. The van der Waals surface area contributed by atoms with Gasteiger partial charge in [0.2, 0.25) is 0 Å². The van der Waals surface area contributed by atoms with Gasteiger partial charge in [0.25, 0.3) is 0 Å². The van der Waals surface area contributed by atoms with Gasteiger partial charge in [-0.1, -0.05) is 233 Å². The Labute approximate surface area is 419 Å². The molecule has 0 aliphatic heterocycles. The van der Waals surface area contributed by atoms with Crippen LogP contribution in [0.5, 0.6) is 0 Å². The summed E-state index contributed by atoms with van der Waals surface area (Å²) >= 11 is 0. The summed E-state index contributed by atoms with van der Waals surface area (Å²) in [6.45, 7) is 22.4. The van der Waals surface area contributed by atoms with Crippen LogP contribution in [0.1, 0.15) is 291 Å². The van der Waals surface area contributed by atoms with E-state index < -0.39 is 0 Å². The highest BCUT2D eigenvalue weighted by Crippen LogP contribution is 2.15. The minimum absolute atomic E-state index is 0.0672. The van der Waals surface area contributed by atoms with Crippen LogP contribution in [-0.2, 0) is 19.1 Å². The normalized spacial score (nSPS) is 11.7. The lowest BCUT2D eigenvalue weighted by Crippen LogP contribution is -2.33. The van der Waals surface area contributed by atoms with Crippen LogP contribution in [-0.4, -0.2) is 99.1 Å². The first-order valence-electron chi connectivity index (χ1n) is 30.0. The molecule has 7 heteroatoms. The number of ketones is 1. The predicted octanol–water partition coefficient (Wildman–Crippen LogP) is 17.2. The molecule has 0 amide bonds. The fourth-order valence-corrected chi connectivity index (χ4v) is 9.33. The maximum Gasteiger partial charge on any atom is 0.307 e. The highest BCUT2D eigenvalue weighted by molar-refractivity contribution is 5.78. The summed E-state index contributed by atoms with van der Waals surface area (Å²) in [5.41, 5.74) is 0. The first-order valence-corrected chi connectivity index (χ1v) is 30.0. The van der Waals surface area contributed by atoms with Crippen LogP contribution in [0.15, 0.2) is 12.3 Å². The Kier molecular flexibility index (Phi) is 52.7. The highest BCUT2D eigenvalue weighted by atomic mass is 16.5. The third-order valence-electron chi connectivity index (χ3n) is 14.0. The van der Waals surface area contributed by atoms with Crippen LogP contribution in [0.4, 0.5) is 0 Å². The first kappa shape index (κ1) is 65.6. The molecule has 0 heterocycles. The van der Waals surface area contributed by atoms with E-state index in [-0.39, 0.29) is 5.97 Å². The second-order valence-corrected chi connectivity index (χ2v) is 20.8. The Hall–Kier alpha value is -1.44. The molecule has 0 atom stereocenters. The molecular formula is C60H119N3O4. The molecule has 0 aromatic heterocycles. The van der Waals surface area contributed by atoms with Crippen LogP contribution in [0.3, 0.4) is 0 Å². The average molecular weight is 947 g/mol. The minimum Gasteiger partial charge on any atom is -0.499 e. The van der Waals surface area contributed by atoms with Crippen molar-refractivity contribution in [2.24, 2.45) is 0 Å². The average Bonchev–Trinajstić information content (AvgIpc) is 3.32. The molecule has 0 saturated heterocycles. The molecule has 0 radical (unpaired) electrons. The third kappa shape index (κ3) is 50.8. The fraction of sp³-hybridized carbons (Fsp3) is 0.933. The number of nitrogens with zero attached hydrogens (tertiary/aromatic N) is 3. The standard InChI is InChI=1S/C60H119N3O4/c1-7-11-15-19-23-27-29-31-35-39-50-62(54-46-59(64)44-38-34-30-28-24-20-16-12-8-2)51-42-48-61(6)49-43-52-63(53-45-58(5)66-56-40-36-32-25-21-17-13-9-3)55-47-60(65)67-57-41-37-33-26-22-18-14-10-4/h5,7-57H2,1-4,6H3. The van der Waals surface area contributed by atoms with E-state index in [9.17, 15) is 9.59 Å². The quantitative estimate of drug-likeness (QED) is 0.0342. The number of ether oxygens (including phenoxy) is 2. The van der Waals surface area contributed by atoms with E-state index >= 15 is 0 Å². The van der Waals surface area contributed by atoms with Crippen LogP contribution >= 0.6 is 0 Å². The second kappa shape index (κ2) is 53.9. The summed E-state index contributed by atoms with van der Waals surface area (Å²) in [5, 5.41) is 0. The van der Waals surface area contributed by atoms with Crippen molar-refractivity contribution in [3.63, 3.8) is 0 Å². The van der Waals surface area contributed by atoms with Crippen LogP contribution in [0.2, 0.25) is 0 Å². The topological polar surface area (TPSA) is 62.3 Å². The number of unbranched alkanes of at least 4 members (excludes halogenated alkanes) is 31. The van der Waals surface area contributed by atoms with E-state index in [0.717, 1.165) is 116 Å². The van der Waals surface area contributed by atoms with Crippen molar-refractivity contribution in [2.45, 2.75) is 291 Å². The van der Waals surface area contributed by atoms with Crippen molar-refractivity contribution < 1.29 is 19.1 Å². The summed E-state index contributed by atoms with van der Waals surface area (Å²) in [5.74, 6) is 1.27. The Morgan fingerprint density at radius 2 is 0.657 bits per heavy atom. The Balaban J connectivity index is 4.89. The zero-order valence-electron chi connectivity index (χ0n) is 46.2. The number of carbonyl (C=O) groups is 2. The van der Waals surface area contributed by atoms with Gasteiger partial charge in [-0.05, 0) is 78.3 Å². The Morgan fingerprint density at radius 3 is 1.10 bits per heavy atom. The molecule has 0 aliphatic rings. The Bertz CT molecular complexity index is 1000. The summed E-state index contributed by atoms with van der Waals surface area (Å²) < 4.78 is 11.7. The molecule has 0 N–H and O–H groups in total. The lowest BCUT2D eigenvalue weighted by molar-refractivity contribution is -0.144. The van der Waals surface area contributed by atoms with Crippen LogP contribution < -0.4 is 0 Å². The summed E-state index contributed by atoms with van der Waals surface area (Å²) in [7, 11) is 2.26. The van der Waals surface area contributed by atoms with Crippen molar-refractivity contribution in [1.82, 2.24) is 14.7 Å². The van der Waals surface area contributed by atoms with E-state index in [0.29, 0.717) is 25.2 Å². The second-order valence-electron chi connectivity index (χ2n) is 20.8. The molecule has 0 aromatic rings. The number of Topliss-reactive ketones (excluding diaryl/α,β-unsaturated/α-hetero) is 1. The minimum atomic E-state index is -0.0672. The van der Waals surface area contributed by atoms with Gasteiger partial charge >= 0.3 is 5.97 Å². The maximum absolute atomic E-state index is 13.0. The highest BCUT2D eigenvalue weighted by Gasteiger charge is 2.13. The van der Waals surface area contributed by atoms with Gasteiger partial charge in [-0.2, -0.15) is 0 Å². The fourth-order valence-electron chi connectivity index (χ4n) is 9.33. The molecule has 0 unspecified atom stereocenters. The summed E-state index contributed by atoms with van der Waals surface area (Å²) in [6.07, 6.45) is 50.5. The molecule has 0 saturated carbocycles. The van der Waals surface area contributed by atoms with Gasteiger partial charge < -0.3 is 24.2 Å². The molecule has 7 nitrogen and oxygen atoms in total. The van der Waals surface area contributed by atoms with Gasteiger partial charge in [0.05, 0.1) is 25.4 Å². The van der Waals surface area contributed by atoms with E-state index in [1.165, 1.54) is 199 Å². The lowest BCUT2D eigenvalue weighted by Gasteiger charge is -2.25. The molecule has 0 aromatic carbocycles. The van der Waals surface area contributed by atoms with Crippen LogP contribution in [0, 0.1) is 0 Å². The van der Waals surface area contributed by atoms with Crippen molar-refractivity contribution in [3.8, 4) is 0 Å². The smallest absolute Gasteiger partial charge is 0.307 e. The van der Waals surface area contributed by atoms with Gasteiger partial charge in [-0.25, -0.2) is 0 Å². The molecule has 0 spiro atoms. The summed E-state index contributed by atoms with van der Waals surface area (Å²) in [4.78, 5) is 33.3. The molecule has 0 aliphatic carbocycles. The first-order chi connectivity index (χ1) is 32.9. The molecule has 67 heavy (non-hydrogen) atoms. The van der Waals surface area contributed by atoms with Gasteiger partial charge in [0.15, 0.2) is 0 Å². The van der Waals surface area contributed by atoms with Gasteiger partial charge in [0.1, 0.15) is 5.78 Å². The number of carbonyl (C=O) groups excluding carboxylic acids is 2. The third-order valence-corrected chi connectivity index (χ3v) is 14.0. The largest absolute Gasteiger partial charge is 0.499 e. The van der Waals surface area contributed by atoms with Gasteiger partial charge in [-0.15, -0.1) is 0 Å². The van der Waals surface area contributed by atoms with Crippen LogP contribution in [0.25, 0.3) is 0 Å². The van der Waals surface area contributed by atoms with E-state index in [4.69, 9.17) is 9.47 Å². The number of rotatable bonds is 57. The van der Waals surface area contributed by atoms with Gasteiger partial charge in [-0.3, -0.25) is 9.59 Å². The van der Waals surface area contributed by atoms with Crippen molar-refractivity contribution in [1.29, 1.82) is 0 Å². The van der Waals surface area contributed by atoms with Gasteiger partial charge in [0, 0.05) is 38.9 Å². The van der Waals surface area contributed by atoms with E-state index in [1.807, 2.05) is 0 Å². The number of hydrogen-bond donors (Lipinski definition) is 0. The molecule has 0 fully saturated rings. The van der Waals surface area contributed by atoms with E-state index in [1.54, 1.807) is 0 Å². The molecule has 0 bridgehead atoms.